The van der Waals surface area contributed by atoms with Crippen molar-refractivity contribution >= 4 is 5.69 Å². The Bertz CT molecular complexity index is 303. The first-order valence-electron chi connectivity index (χ1n) is 3.70. The molecule has 0 radical (unpaired) electrons. The summed E-state index contributed by atoms with van der Waals surface area (Å²) in [6.07, 6.45) is -4.40. The Kier molecular flexibility index (Phi) is 2.85. The molecular weight excluding hydrogens is 197 g/mol. The molecule has 0 amide bonds. The molecular formula is C8H9F3N2O. The normalized spacial score (nSPS) is 11.2. The number of alkyl halides is 3. The second kappa shape index (κ2) is 3.75. The number of nitrogens with two attached hydrogens (primary N) is 1. The van der Waals surface area contributed by atoms with Crippen LogP contribution in [0.15, 0.2) is 18.2 Å². The molecule has 1 aromatic carbocycles. The van der Waals surface area contributed by atoms with Crippen LogP contribution in [0.25, 0.3) is 0 Å². The van der Waals surface area contributed by atoms with Gasteiger partial charge in [0.1, 0.15) is 5.75 Å². The molecule has 0 aliphatic carbocycles. The zero-order valence-electron chi connectivity index (χ0n) is 7.35. The van der Waals surface area contributed by atoms with Crippen LogP contribution in [-0.4, -0.2) is 7.11 Å². The largest absolute Gasteiger partial charge is 0.497 e. The van der Waals surface area contributed by atoms with Crippen molar-refractivity contribution in [2.24, 2.45) is 5.84 Å². The van der Waals surface area contributed by atoms with Gasteiger partial charge in [0.2, 0.25) is 0 Å². The number of hydrogen-bond acceptors (Lipinski definition) is 3. The molecule has 0 atom stereocenters. The van der Waals surface area contributed by atoms with E-state index in [2.05, 4.69) is 5.43 Å². The fraction of sp³-hybridized carbons (Fsp3) is 0.250. The number of hydrazine groups is 1. The lowest BCUT2D eigenvalue weighted by Gasteiger charge is -2.10. The monoisotopic (exact) mass is 206 g/mol. The molecule has 3 N–H and O–H groups in total. The van der Waals surface area contributed by atoms with Gasteiger partial charge in [0.05, 0.1) is 18.4 Å². The van der Waals surface area contributed by atoms with Crippen LogP contribution in [0.4, 0.5) is 18.9 Å². The van der Waals surface area contributed by atoms with Gasteiger partial charge >= 0.3 is 6.18 Å². The van der Waals surface area contributed by atoms with Crippen LogP contribution in [0.1, 0.15) is 5.56 Å². The van der Waals surface area contributed by atoms with Gasteiger partial charge in [-0.1, -0.05) is 0 Å². The fourth-order valence-corrected chi connectivity index (χ4v) is 0.964. The minimum absolute atomic E-state index is 0.104. The van der Waals surface area contributed by atoms with E-state index < -0.39 is 11.7 Å². The number of halogens is 3. The molecule has 0 fully saturated rings. The SMILES string of the molecule is COc1cc(NN)cc(C(F)(F)F)c1. The number of anilines is 1. The maximum absolute atomic E-state index is 12.3. The van der Waals surface area contributed by atoms with Gasteiger partial charge in [-0.15, -0.1) is 0 Å². The first-order valence-corrected chi connectivity index (χ1v) is 3.70. The van der Waals surface area contributed by atoms with Gasteiger partial charge in [0.15, 0.2) is 0 Å². The summed E-state index contributed by atoms with van der Waals surface area (Å²) in [6, 6.07) is 3.18. The third kappa shape index (κ3) is 2.29. The number of hydrogen-bond donors (Lipinski definition) is 2. The topological polar surface area (TPSA) is 47.3 Å². The second-order valence-electron chi connectivity index (χ2n) is 2.59. The zero-order valence-corrected chi connectivity index (χ0v) is 7.35. The predicted octanol–water partition coefficient (Wildman–Crippen LogP) is 2.00. The van der Waals surface area contributed by atoms with Crippen molar-refractivity contribution in [3.8, 4) is 5.75 Å². The van der Waals surface area contributed by atoms with E-state index in [1.807, 2.05) is 0 Å². The lowest BCUT2D eigenvalue weighted by atomic mass is 10.2. The Labute approximate surface area is 78.6 Å². The molecule has 0 aliphatic heterocycles. The Morgan fingerprint density at radius 3 is 2.36 bits per heavy atom. The van der Waals surface area contributed by atoms with Gasteiger partial charge in [-0.05, 0) is 12.1 Å². The van der Waals surface area contributed by atoms with Gasteiger partial charge in [0, 0.05) is 6.07 Å². The van der Waals surface area contributed by atoms with E-state index in [4.69, 9.17) is 10.6 Å². The van der Waals surface area contributed by atoms with Gasteiger partial charge in [-0.2, -0.15) is 13.2 Å². The van der Waals surface area contributed by atoms with E-state index in [1.54, 1.807) is 0 Å². The Morgan fingerprint density at radius 1 is 1.29 bits per heavy atom. The summed E-state index contributed by atoms with van der Waals surface area (Å²) >= 11 is 0. The minimum atomic E-state index is -4.40. The third-order valence-electron chi connectivity index (χ3n) is 1.64. The zero-order chi connectivity index (χ0) is 10.8. The standard InChI is InChI=1S/C8H9F3N2O/c1-14-7-3-5(8(9,10)11)2-6(4-7)13-12/h2-4,13H,12H2,1H3. The Morgan fingerprint density at radius 2 is 1.93 bits per heavy atom. The van der Waals surface area contributed by atoms with Crippen LogP contribution in [0, 0.1) is 0 Å². The summed E-state index contributed by atoms with van der Waals surface area (Å²) in [7, 11) is 1.29. The third-order valence-corrected chi connectivity index (χ3v) is 1.64. The van der Waals surface area contributed by atoms with Crippen LogP contribution >= 0.6 is 0 Å². The molecule has 0 unspecified atom stereocenters. The highest BCUT2D eigenvalue weighted by molar-refractivity contribution is 5.51. The van der Waals surface area contributed by atoms with Crippen molar-refractivity contribution < 1.29 is 17.9 Å². The van der Waals surface area contributed by atoms with Crippen molar-refractivity contribution in [3.63, 3.8) is 0 Å². The maximum Gasteiger partial charge on any atom is 0.416 e. The second-order valence-corrected chi connectivity index (χ2v) is 2.59. The molecule has 6 heteroatoms. The number of nitrogens with one attached hydrogen (secondary N) is 1. The summed E-state index contributed by atoms with van der Waals surface area (Å²) in [5.74, 6) is 5.12. The number of rotatable bonds is 2. The van der Waals surface area contributed by atoms with Gasteiger partial charge < -0.3 is 10.2 Å². The number of nitrogen functional groups attached to an aromatic ring is 1. The molecule has 0 aliphatic rings. The number of methoxy groups -OCH3 is 1. The highest BCUT2D eigenvalue weighted by atomic mass is 19.4. The Balaban J connectivity index is 3.17. The highest BCUT2D eigenvalue weighted by Crippen LogP contribution is 2.33. The molecule has 0 aromatic heterocycles. The number of ether oxygens (including phenoxy) is 1. The van der Waals surface area contributed by atoms with Crippen LogP contribution in [0.2, 0.25) is 0 Å². The van der Waals surface area contributed by atoms with E-state index in [9.17, 15) is 13.2 Å². The minimum Gasteiger partial charge on any atom is -0.497 e. The molecule has 0 saturated heterocycles. The molecule has 0 heterocycles. The van der Waals surface area contributed by atoms with E-state index in [-0.39, 0.29) is 11.4 Å². The van der Waals surface area contributed by atoms with Crippen molar-refractivity contribution in [1.82, 2.24) is 0 Å². The van der Waals surface area contributed by atoms with Gasteiger partial charge in [-0.3, -0.25) is 5.84 Å². The quantitative estimate of drug-likeness (QED) is 0.574. The van der Waals surface area contributed by atoms with Crippen LogP contribution < -0.4 is 16.0 Å². The Hall–Kier alpha value is -1.43. The summed E-state index contributed by atoms with van der Waals surface area (Å²) < 4.78 is 41.6. The van der Waals surface area contributed by atoms with E-state index in [1.165, 1.54) is 13.2 Å². The highest BCUT2D eigenvalue weighted by Gasteiger charge is 2.31. The van der Waals surface area contributed by atoms with E-state index >= 15 is 0 Å². The predicted molar refractivity (Wildman–Crippen MR) is 45.8 cm³/mol. The lowest BCUT2D eigenvalue weighted by Crippen LogP contribution is -2.10. The summed E-state index contributed by atoms with van der Waals surface area (Å²) in [5.41, 5.74) is 1.48. The molecule has 0 saturated carbocycles. The number of benzene rings is 1. The van der Waals surface area contributed by atoms with Crippen LogP contribution in [-0.2, 0) is 6.18 Å². The summed E-state index contributed by atoms with van der Waals surface area (Å²) in [4.78, 5) is 0. The van der Waals surface area contributed by atoms with Gasteiger partial charge in [0.25, 0.3) is 0 Å². The van der Waals surface area contributed by atoms with Crippen molar-refractivity contribution in [2.75, 3.05) is 12.5 Å². The molecule has 1 rings (SSSR count). The van der Waals surface area contributed by atoms with E-state index in [0.29, 0.717) is 0 Å². The smallest absolute Gasteiger partial charge is 0.416 e. The van der Waals surface area contributed by atoms with Crippen LogP contribution in [0.5, 0.6) is 5.75 Å². The molecule has 14 heavy (non-hydrogen) atoms. The van der Waals surface area contributed by atoms with Crippen LogP contribution in [0.3, 0.4) is 0 Å². The van der Waals surface area contributed by atoms with Crippen molar-refractivity contribution in [3.05, 3.63) is 23.8 Å². The molecule has 78 valence electrons. The first kappa shape index (κ1) is 10.6. The molecule has 1 aromatic rings. The van der Waals surface area contributed by atoms with Gasteiger partial charge in [-0.25, -0.2) is 0 Å². The summed E-state index contributed by atoms with van der Waals surface area (Å²) in [6.45, 7) is 0. The summed E-state index contributed by atoms with van der Waals surface area (Å²) in [5, 5.41) is 0. The van der Waals surface area contributed by atoms with E-state index in [0.717, 1.165) is 12.1 Å². The van der Waals surface area contributed by atoms with Crippen molar-refractivity contribution in [1.29, 1.82) is 0 Å². The maximum atomic E-state index is 12.3. The fourth-order valence-electron chi connectivity index (χ4n) is 0.964. The lowest BCUT2D eigenvalue weighted by molar-refractivity contribution is -0.137. The molecule has 0 bridgehead atoms. The average Bonchev–Trinajstić information content (AvgIpc) is 2.15. The molecule has 0 spiro atoms. The first-order chi connectivity index (χ1) is 6.47. The molecule has 3 nitrogen and oxygen atoms in total. The average molecular weight is 206 g/mol. The van der Waals surface area contributed by atoms with Crippen molar-refractivity contribution in [2.45, 2.75) is 6.18 Å².